The normalized spacial score (nSPS) is 13.9. The van der Waals surface area contributed by atoms with Crippen molar-refractivity contribution in [2.24, 2.45) is 5.73 Å². The molecule has 0 heterocycles. The van der Waals surface area contributed by atoms with Crippen LogP contribution in [0.15, 0.2) is 18.2 Å². The Balaban J connectivity index is 2.37. The molecule has 1 aliphatic carbocycles. The summed E-state index contributed by atoms with van der Waals surface area (Å²) in [5.41, 5.74) is 8.77. The Bertz CT molecular complexity index is 464. The molecule has 3 heteroatoms. The van der Waals surface area contributed by atoms with Crippen LogP contribution in [0.5, 0.6) is 5.75 Å². The number of aryl methyl sites for hydroxylation is 2. The summed E-state index contributed by atoms with van der Waals surface area (Å²) in [7, 11) is 0. The van der Waals surface area contributed by atoms with Crippen LogP contribution in [0.2, 0.25) is 0 Å². The zero-order chi connectivity index (χ0) is 12.3. The first-order chi connectivity index (χ1) is 8.20. The topological polar surface area (TPSA) is 52.3 Å². The third-order valence-electron chi connectivity index (χ3n) is 2.95. The summed E-state index contributed by atoms with van der Waals surface area (Å²) in [6.07, 6.45) is 6.53. The van der Waals surface area contributed by atoms with Crippen molar-refractivity contribution in [1.29, 1.82) is 0 Å². The van der Waals surface area contributed by atoms with Crippen LogP contribution in [-0.4, -0.2) is 12.5 Å². The molecule has 1 amide bonds. The van der Waals surface area contributed by atoms with Gasteiger partial charge in [-0.15, -0.1) is 0 Å². The van der Waals surface area contributed by atoms with E-state index in [-0.39, 0.29) is 0 Å². The Hall–Kier alpha value is -1.77. The zero-order valence-electron chi connectivity index (χ0n) is 10.0. The Morgan fingerprint density at radius 1 is 1.41 bits per heavy atom. The number of fused-ring (bicyclic) bond motifs is 1. The van der Waals surface area contributed by atoms with Crippen LogP contribution in [0.4, 0.5) is 0 Å². The van der Waals surface area contributed by atoms with Crippen molar-refractivity contribution in [3.63, 3.8) is 0 Å². The summed E-state index contributed by atoms with van der Waals surface area (Å²) in [4.78, 5) is 10.8. The summed E-state index contributed by atoms with van der Waals surface area (Å²) < 4.78 is 5.59. The number of carbonyl (C=O) groups excluding carboxylic acids is 1. The van der Waals surface area contributed by atoms with Crippen LogP contribution in [0, 0.1) is 0 Å². The molecule has 0 spiro atoms. The second-order valence-electron chi connectivity index (χ2n) is 4.18. The Morgan fingerprint density at radius 2 is 2.12 bits per heavy atom. The van der Waals surface area contributed by atoms with Gasteiger partial charge in [-0.05, 0) is 55.5 Å². The van der Waals surface area contributed by atoms with E-state index in [9.17, 15) is 4.79 Å². The van der Waals surface area contributed by atoms with Gasteiger partial charge in [0, 0.05) is 11.6 Å². The van der Waals surface area contributed by atoms with Gasteiger partial charge < -0.3 is 10.5 Å². The van der Waals surface area contributed by atoms with Gasteiger partial charge in [-0.2, -0.15) is 0 Å². The summed E-state index contributed by atoms with van der Waals surface area (Å²) in [5.74, 6) is 0.401. The molecule has 0 bridgehead atoms. The first kappa shape index (κ1) is 11.7. The fourth-order valence-electron chi connectivity index (χ4n) is 2.20. The molecule has 1 aliphatic rings. The molecule has 0 unspecified atom stereocenters. The van der Waals surface area contributed by atoms with Gasteiger partial charge in [0.15, 0.2) is 0 Å². The van der Waals surface area contributed by atoms with Crippen LogP contribution in [0.3, 0.4) is 0 Å². The van der Waals surface area contributed by atoms with Crippen molar-refractivity contribution in [3.05, 3.63) is 34.9 Å². The summed E-state index contributed by atoms with van der Waals surface area (Å²) in [5, 5.41) is 0. The average Bonchev–Trinajstić information content (AvgIpc) is 2.73. The molecular formula is C14H17NO2. The predicted octanol–water partition coefficient (Wildman–Crippen LogP) is 2.07. The molecule has 0 aromatic heterocycles. The molecule has 3 nitrogen and oxygen atoms in total. The highest BCUT2D eigenvalue weighted by Gasteiger charge is 2.14. The molecule has 0 fully saturated rings. The van der Waals surface area contributed by atoms with E-state index in [1.54, 1.807) is 6.08 Å². The number of nitrogens with two attached hydrogens (primary N) is 1. The van der Waals surface area contributed by atoms with Gasteiger partial charge in [-0.3, -0.25) is 4.79 Å². The molecule has 17 heavy (non-hydrogen) atoms. The number of rotatable bonds is 4. The Kier molecular flexibility index (Phi) is 3.47. The van der Waals surface area contributed by atoms with E-state index in [0.29, 0.717) is 6.61 Å². The minimum absolute atomic E-state index is 0.437. The number of carbonyl (C=O) groups is 1. The number of hydrogen-bond donors (Lipinski definition) is 1. The summed E-state index contributed by atoms with van der Waals surface area (Å²) in [6, 6.07) is 4.19. The van der Waals surface area contributed by atoms with E-state index in [0.717, 1.165) is 24.2 Å². The van der Waals surface area contributed by atoms with Gasteiger partial charge in [0.1, 0.15) is 5.75 Å². The van der Waals surface area contributed by atoms with Gasteiger partial charge in [0.05, 0.1) is 6.61 Å². The van der Waals surface area contributed by atoms with E-state index < -0.39 is 5.91 Å². The molecular weight excluding hydrogens is 214 g/mol. The van der Waals surface area contributed by atoms with Crippen LogP contribution in [0.25, 0.3) is 6.08 Å². The fraction of sp³-hybridized carbons (Fsp3) is 0.357. The van der Waals surface area contributed by atoms with Gasteiger partial charge in [0.25, 0.3) is 0 Å². The van der Waals surface area contributed by atoms with Gasteiger partial charge in [0.2, 0.25) is 5.91 Å². The minimum atomic E-state index is -0.437. The van der Waals surface area contributed by atoms with Crippen LogP contribution in [0.1, 0.15) is 30.0 Å². The molecule has 1 aromatic carbocycles. The molecule has 2 N–H and O–H groups in total. The number of ether oxygens (including phenoxy) is 1. The van der Waals surface area contributed by atoms with Gasteiger partial charge >= 0.3 is 0 Å². The van der Waals surface area contributed by atoms with Crippen molar-refractivity contribution < 1.29 is 9.53 Å². The molecule has 2 rings (SSSR count). The van der Waals surface area contributed by atoms with Gasteiger partial charge in [-0.1, -0.05) is 0 Å². The molecule has 1 aromatic rings. The largest absolute Gasteiger partial charge is 0.493 e. The van der Waals surface area contributed by atoms with Crippen molar-refractivity contribution in [2.45, 2.75) is 26.2 Å². The van der Waals surface area contributed by atoms with Crippen molar-refractivity contribution in [3.8, 4) is 5.75 Å². The first-order valence-corrected chi connectivity index (χ1v) is 5.97. The predicted molar refractivity (Wildman–Crippen MR) is 67.9 cm³/mol. The lowest BCUT2D eigenvalue weighted by atomic mass is 10.0. The molecule has 0 aliphatic heterocycles. The van der Waals surface area contributed by atoms with E-state index in [2.05, 4.69) is 12.1 Å². The number of amides is 1. The smallest absolute Gasteiger partial charge is 0.241 e. The molecule has 0 radical (unpaired) electrons. The summed E-state index contributed by atoms with van der Waals surface area (Å²) in [6.45, 7) is 2.57. The third-order valence-corrected chi connectivity index (χ3v) is 2.95. The lowest BCUT2D eigenvalue weighted by molar-refractivity contribution is -0.113. The van der Waals surface area contributed by atoms with Crippen molar-refractivity contribution in [1.82, 2.24) is 0 Å². The molecule has 0 saturated heterocycles. The molecule has 0 saturated carbocycles. The number of hydrogen-bond acceptors (Lipinski definition) is 2. The zero-order valence-corrected chi connectivity index (χ0v) is 10.0. The average molecular weight is 231 g/mol. The highest BCUT2D eigenvalue weighted by molar-refractivity contribution is 5.90. The maximum Gasteiger partial charge on any atom is 0.241 e. The fourth-order valence-corrected chi connectivity index (χ4v) is 2.20. The standard InChI is InChI=1S/C14H17NO2/c1-2-17-13-9-11-5-3-4-10(11)8-12(13)6-7-14(15)16/h6-9H,2-5H2,1H3,(H2,15,16)/b7-6-. The highest BCUT2D eigenvalue weighted by Crippen LogP contribution is 2.30. The van der Waals surface area contributed by atoms with Gasteiger partial charge in [-0.25, -0.2) is 0 Å². The lowest BCUT2D eigenvalue weighted by Gasteiger charge is -2.10. The monoisotopic (exact) mass is 231 g/mol. The van der Waals surface area contributed by atoms with Crippen LogP contribution < -0.4 is 10.5 Å². The van der Waals surface area contributed by atoms with Crippen molar-refractivity contribution >= 4 is 12.0 Å². The van der Waals surface area contributed by atoms with E-state index >= 15 is 0 Å². The third kappa shape index (κ3) is 2.67. The van der Waals surface area contributed by atoms with E-state index in [1.807, 2.05) is 6.92 Å². The second-order valence-corrected chi connectivity index (χ2v) is 4.18. The van der Waals surface area contributed by atoms with E-state index in [4.69, 9.17) is 10.5 Å². The molecule has 0 atom stereocenters. The second kappa shape index (κ2) is 5.04. The van der Waals surface area contributed by atoms with Crippen LogP contribution in [-0.2, 0) is 17.6 Å². The summed E-state index contributed by atoms with van der Waals surface area (Å²) >= 11 is 0. The number of primary amides is 1. The number of benzene rings is 1. The van der Waals surface area contributed by atoms with E-state index in [1.165, 1.54) is 23.6 Å². The Morgan fingerprint density at radius 3 is 2.76 bits per heavy atom. The molecule has 90 valence electrons. The van der Waals surface area contributed by atoms with Crippen LogP contribution >= 0.6 is 0 Å². The Labute approximate surface area is 101 Å². The maximum absolute atomic E-state index is 10.8. The maximum atomic E-state index is 10.8. The SMILES string of the molecule is CCOc1cc2c(cc1/C=C\C(N)=O)CCC2. The first-order valence-electron chi connectivity index (χ1n) is 5.97. The van der Waals surface area contributed by atoms with Crippen molar-refractivity contribution in [2.75, 3.05) is 6.61 Å². The quantitative estimate of drug-likeness (QED) is 0.806. The lowest BCUT2D eigenvalue weighted by Crippen LogP contribution is -2.05. The minimum Gasteiger partial charge on any atom is -0.493 e. The highest BCUT2D eigenvalue weighted by atomic mass is 16.5.